The van der Waals surface area contributed by atoms with Gasteiger partial charge in [0.05, 0.1) is 27.8 Å². The molecule has 0 aliphatic heterocycles. The van der Waals surface area contributed by atoms with Crippen LogP contribution in [-0.4, -0.2) is 0 Å². The molecule has 0 unspecified atom stereocenters. The fourth-order valence-electron chi connectivity index (χ4n) is 8.50. The lowest BCUT2D eigenvalue weighted by molar-refractivity contribution is 0.668. The standard InChI is InChI=1S/C49H31NO2/c1-3-15-31(16-4-1)37-30-38-34-20-8-7-19-33(34)29-39(38)49(46(37)32-17-5-2-6-18-32)50(40-23-13-27-44-47(40)35-21-9-11-25-42(35)51-44)41-24-14-28-45-48(41)36-22-10-12-26-43(36)52-45/h1-28,30H,29H2. The van der Waals surface area contributed by atoms with Crippen LogP contribution in [0.5, 0.6) is 0 Å². The number of rotatable bonds is 5. The Bertz CT molecular complexity index is 2870. The van der Waals surface area contributed by atoms with E-state index in [9.17, 15) is 0 Å². The number of anilines is 3. The van der Waals surface area contributed by atoms with Gasteiger partial charge in [0.25, 0.3) is 0 Å². The highest BCUT2D eigenvalue weighted by atomic mass is 16.3. The van der Waals surface area contributed by atoms with Gasteiger partial charge in [-0.3, -0.25) is 0 Å². The molecular formula is C49H31NO2. The van der Waals surface area contributed by atoms with Gasteiger partial charge in [0, 0.05) is 22.8 Å². The van der Waals surface area contributed by atoms with Gasteiger partial charge < -0.3 is 13.7 Å². The second kappa shape index (κ2) is 11.3. The molecule has 11 rings (SSSR count). The molecule has 0 bridgehead atoms. The van der Waals surface area contributed by atoms with Gasteiger partial charge in [-0.1, -0.05) is 133 Å². The van der Waals surface area contributed by atoms with Crippen LogP contribution >= 0.6 is 0 Å². The maximum Gasteiger partial charge on any atom is 0.137 e. The van der Waals surface area contributed by atoms with E-state index in [1.165, 1.54) is 38.9 Å². The fraction of sp³-hybridized carbons (Fsp3) is 0.0204. The van der Waals surface area contributed by atoms with E-state index < -0.39 is 0 Å². The Balaban J connectivity index is 1.37. The first-order chi connectivity index (χ1) is 25.8. The molecule has 0 atom stereocenters. The lowest BCUT2D eigenvalue weighted by Crippen LogP contribution is -2.15. The summed E-state index contributed by atoms with van der Waals surface area (Å²) in [5.41, 5.74) is 16.6. The maximum absolute atomic E-state index is 6.56. The summed E-state index contributed by atoms with van der Waals surface area (Å²) in [7, 11) is 0. The molecule has 0 saturated carbocycles. The van der Waals surface area contributed by atoms with Crippen LogP contribution in [0.15, 0.2) is 185 Å². The summed E-state index contributed by atoms with van der Waals surface area (Å²) in [6.45, 7) is 0. The average Bonchev–Trinajstić information content (AvgIpc) is 3.90. The van der Waals surface area contributed by atoms with Crippen LogP contribution in [-0.2, 0) is 6.42 Å². The van der Waals surface area contributed by atoms with Crippen molar-refractivity contribution >= 4 is 60.9 Å². The third kappa shape index (κ3) is 4.26. The Hall–Kier alpha value is -6.84. The highest BCUT2D eigenvalue weighted by molar-refractivity contribution is 6.19. The minimum atomic E-state index is 0.816. The van der Waals surface area contributed by atoms with Gasteiger partial charge in [-0.25, -0.2) is 0 Å². The van der Waals surface area contributed by atoms with Gasteiger partial charge in [0.1, 0.15) is 22.3 Å². The third-order valence-corrected chi connectivity index (χ3v) is 10.7. The van der Waals surface area contributed by atoms with Gasteiger partial charge in [-0.2, -0.15) is 0 Å². The largest absolute Gasteiger partial charge is 0.456 e. The van der Waals surface area contributed by atoms with E-state index in [1.54, 1.807) is 0 Å². The van der Waals surface area contributed by atoms with Crippen LogP contribution in [0.25, 0.3) is 77.3 Å². The highest BCUT2D eigenvalue weighted by Crippen LogP contribution is 2.56. The van der Waals surface area contributed by atoms with Gasteiger partial charge in [0.2, 0.25) is 0 Å². The van der Waals surface area contributed by atoms with Crippen LogP contribution in [0.1, 0.15) is 11.1 Å². The number of hydrogen-bond acceptors (Lipinski definition) is 3. The van der Waals surface area contributed by atoms with Crippen molar-refractivity contribution in [2.24, 2.45) is 0 Å². The van der Waals surface area contributed by atoms with Crippen molar-refractivity contribution in [1.82, 2.24) is 0 Å². The predicted octanol–water partition coefficient (Wildman–Crippen LogP) is 13.9. The zero-order valence-corrected chi connectivity index (χ0v) is 28.2. The maximum atomic E-state index is 6.56. The molecule has 2 aromatic heterocycles. The number of hydrogen-bond donors (Lipinski definition) is 0. The zero-order chi connectivity index (χ0) is 34.2. The molecule has 0 radical (unpaired) electrons. The number of fused-ring (bicyclic) bond motifs is 9. The topological polar surface area (TPSA) is 29.5 Å². The average molecular weight is 666 g/mol. The van der Waals surface area contributed by atoms with E-state index in [2.05, 4.69) is 169 Å². The van der Waals surface area contributed by atoms with Crippen LogP contribution in [0.2, 0.25) is 0 Å². The molecule has 1 aliphatic rings. The van der Waals surface area contributed by atoms with Crippen molar-refractivity contribution in [3.8, 4) is 33.4 Å². The van der Waals surface area contributed by atoms with E-state index in [0.717, 1.165) is 72.9 Å². The van der Waals surface area contributed by atoms with Crippen molar-refractivity contribution < 1.29 is 8.83 Å². The molecule has 3 heteroatoms. The summed E-state index contributed by atoms with van der Waals surface area (Å²) >= 11 is 0. The first kappa shape index (κ1) is 28.9. The molecule has 10 aromatic rings. The van der Waals surface area contributed by atoms with E-state index in [-0.39, 0.29) is 0 Å². The smallest absolute Gasteiger partial charge is 0.137 e. The predicted molar refractivity (Wildman–Crippen MR) is 215 cm³/mol. The number of furan rings is 2. The summed E-state index contributed by atoms with van der Waals surface area (Å²) in [5, 5.41) is 4.33. The Morgan fingerprint density at radius 3 is 1.56 bits per heavy atom. The lowest BCUT2D eigenvalue weighted by atomic mass is 9.86. The minimum Gasteiger partial charge on any atom is -0.456 e. The molecule has 8 aromatic carbocycles. The summed E-state index contributed by atoms with van der Waals surface area (Å²) < 4.78 is 13.1. The number of para-hydroxylation sites is 2. The number of nitrogens with zero attached hydrogens (tertiary/aromatic N) is 1. The normalized spacial score (nSPS) is 12.2. The molecule has 2 heterocycles. The van der Waals surface area contributed by atoms with Crippen molar-refractivity contribution in [2.75, 3.05) is 4.90 Å². The van der Waals surface area contributed by atoms with Gasteiger partial charge in [-0.15, -0.1) is 0 Å². The van der Waals surface area contributed by atoms with E-state index in [1.807, 2.05) is 12.1 Å². The molecular weight excluding hydrogens is 635 g/mol. The van der Waals surface area contributed by atoms with Crippen molar-refractivity contribution in [2.45, 2.75) is 6.42 Å². The van der Waals surface area contributed by atoms with Crippen molar-refractivity contribution in [3.63, 3.8) is 0 Å². The van der Waals surface area contributed by atoms with Crippen LogP contribution in [0, 0.1) is 0 Å². The van der Waals surface area contributed by atoms with Crippen LogP contribution in [0.3, 0.4) is 0 Å². The van der Waals surface area contributed by atoms with E-state index >= 15 is 0 Å². The van der Waals surface area contributed by atoms with Crippen molar-refractivity contribution in [1.29, 1.82) is 0 Å². The van der Waals surface area contributed by atoms with Crippen LogP contribution in [0.4, 0.5) is 17.1 Å². The Kier molecular flexibility index (Phi) is 6.31. The summed E-state index contributed by atoms with van der Waals surface area (Å²) in [4.78, 5) is 2.52. The van der Waals surface area contributed by atoms with Crippen LogP contribution < -0.4 is 4.90 Å². The van der Waals surface area contributed by atoms with Gasteiger partial charge in [-0.05, 0) is 81.4 Å². The minimum absolute atomic E-state index is 0.816. The second-order valence-electron chi connectivity index (χ2n) is 13.6. The fourth-order valence-corrected chi connectivity index (χ4v) is 8.50. The highest BCUT2D eigenvalue weighted by Gasteiger charge is 2.33. The van der Waals surface area contributed by atoms with Gasteiger partial charge in [0.15, 0.2) is 0 Å². The molecule has 52 heavy (non-hydrogen) atoms. The third-order valence-electron chi connectivity index (χ3n) is 10.7. The quantitative estimate of drug-likeness (QED) is 0.183. The molecule has 0 N–H and O–H groups in total. The Morgan fingerprint density at radius 2 is 0.923 bits per heavy atom. The first-order valence-corrected chi connectivity index (χ1v) is 17.8. The molecule has 0 fully saturated rings. The Morgan fingerprint density at radius 1 is 0.404 bits per heavy atom. The summed E-state index contributed by atoms with van der Waals surface area (Å²) in [5.74, 6) is 0. The second-order valence-corrected chi connectivity index (χ2v) is 13.6. The monoisotopic (exact) mass is 665 g/mol. The molecule has 3 nitrogen and oxygen atoms in total. The van der Waals surface area contributed by atoms with Gasteiger partial charge >= 0.3 is 0 Å². The molecule has 244 valence electrons. The lowest BCUT2D eigenvalue weighted by Gasteiger charge is -2.32. The summed E-state index contributed by atoms with van der Waals surface area (Å²) in [6.07, 6.45) is 0.816. The number of benzene rings is 8. The SMILES string of the molecule is c1ccc(-c2cc3c(c(N(c4cccc5oc6ccccc6c45)c4cccc5oc6ccccc6c45)c2-c2ccccc2)Cc2ccccc2-3)cc1. The molecule has 0 amide bonds. The van der Waals surface area contributed by atoms with E-state index in [0.29, 0.717) is 0 Å². The first-order valence-electron chi connectivity index (χ1n) is 17.8. The summed E-state index contributed by atoms with van der Waals surface area (Å²) in [6, 6.07) is 62.7. The molecule has 0 saturated heterocycles. The van der Waals surface area contributed by atoms with Crippen molar-refractivity contribution in [3.05, 3.63) is 187 Å². The molecule has 0 spiro atoms. The molecule has 1 aliphatic carbocycles. The Labute approximate surface area is 300 Å². The zero-order valence-electron chi connectivity index (χ0n) is 28.2. The van der Waals surface area contributed by atoms with E-state index in [4.69, 9.17) is 8.83 Å².